The second kappa shape index (κ2) is 9.28. The van der Waals surface area contributed by atoms with Gasteiger partial charge in [0.25, 0.3) is 5.91 Å². The van der Waals surface area contributed by atoms with E-state index < -0.39 is 11.9 Å². The summed E-state index contributed by atoms with van der Waals surface area (Å²) < 4.78 is 0. The highest BCUT2D eigenvalue weighted by atomic mass is 16.2. The van der Waals surface area contributed by atoms with Gasteiger partial charge in [-0.2, -0.15) is 0 Å². The van der Waals surface area contributed by atoms with E-state index in [4.69, 9.17) is 0 Å². The van der Waals surface area contributed by atoms with Crippen LogP contribution in [0.3, 0.4) is 0 Å². The zero-order valence-electron chi connectivity index (χ0n) is 17.6. The van der Waals surface area contributed by atoms with Gasteiger partial charge < -0.3 is 20.9 Å². The van der Waals surface area contributed by atoms with Crippen molar-refractivity contribution in [1.29, 1.82) is 0 Å². The number of nitrogens with zero attached hydrogens (tertiary/aromatic N) is 2. The van der Waals surface area contributed by atoms with Crippen molar-refractivity contribution in [3.8, 4) is 0 Å². The number of hydrogen-bond donors (Lipinski definition) is 4. The molecule has 0 spiro atoms. The van der Waals surface area contributed by atoms with Gasteiger partial charge in [-0.3, -0.25) is 19.4 Å². The average Bonchev–Trinajstić information content (AvgIpc) is 3.31. The summed E-state index contributed by atoms with van der Waals surface area (Å²) in [5.41, 5.74) is 1.47. The summed E-state index contributed by atoms with van der Waals surface area (Å²) >= 11 is 0. The van der Waals surface area contributed by atoms with E-state index in [1.165, 1.54) is 0 Å². The van der Waals surface area contributed by atoms with Gasteiger partial charge in [-0.1, -0.05) is 25.0 Å². The number of carbonyl (C=O) groups is 3. The zero-order valence-corrected chi connectivity index (χ0v) is 17.6. The highest BCUT2D eigenvalue weighted by Gasteiger charge is 2.33. The van der Waals surface area contributed by atoms with Gasteiger partial charge in [0.2, 0.25) is 11.8 Å². The van der Waals surface area contributed by atoms with Crippen LogP contribution >= 0.6 is 0 Å². The molecule has 2 fully saturated rings. The van der Waals surface area contributed by atoms with E-state index in [0.29, 0.717) is 30.8 Å². The molecule has 3 atom stereocenters. The number of para-hydroxylation sites is 2. The maximum absolute atomic E-state index is 13.1. The second-order valence-corrected chi connectivity index (χ2v) is 8.34. The molecule has 4 N–H and O–H groups in total. The lowest BCUT2D eigenvalue weighted by atomic mass is 9.98. The monoisotopic (exact) mass is 424 g/mol. The molecule has 1 saturated carbocycles. The van der Waals surface area contributed by atoms with Crippen molar-refractivity contribution in [2.75, 3.05) is 13.6 Å². The van der Waals surface area contributed by atoms with E-state index in [-0.39, 0.29) is 29.6 Å². The van der Waals surface area contributed by atoms with Gasteiger partial charge in [-0.05, 0) is 37.3 Å². The second-order valence-electron chi connectivity index (χ2n) is 8.34. The lowest BCUT2D eigenvalue weighted by Crippen LogP contribution is -2.51. The number of aromatic amines is 1. The molecule has 31 heavy (non-hydrogen) atoms. The van der Waals surface area contributed by atoms with Crippen LogP contribution in [0.4, 0.5) is 0 Å². The van der Waals surface area contributed by atoms with Crippen molar-refractivity contribution < 1.29 is 14.4 Å². The number of benzene rings is 1. The van der Waals surface area contributed by atoms with Gasteiger partial charge >= 0.3 is 0 Å². The number of nitrogens with one attached hydrogen (secondary N) is 4. The number of aliphatic imine (C=N–C) groups is 1. The molecule has 0 radical (unpaired) electrons. The Labute approximate surface area is 180 Å². The minimum atomic E-state index is -0.668. The molecule has 164 valence electrons. The summed E-state index contributed by atoms with van der Waals surface area (Å²) in [6.45, 7) is 0.658. The van der Waals surface area contributed by atoms with Crippen LogP contribution in [0.1, 0.15) is 42.7 Å². The third-order valence-corrected chi connectivity index (χ3v) is 5.85. The van der Waals surface area contributed by atoms with Crippen molar-refractivity contribution >= 4 is 35.0 Å². The van der Waals surface area contributed by atoms with Crippen molar-refractivity contribution in [2.24, 2.45) is 16.8 Å². The molecule has 2 aromatic rings. The van der Waals surface area contributed by atoms with Crippen molar-refractivity contribution in [1.82, 2.24) is 25.9 Å². The van der Waals surface area contributed by atoms with E-state index in [0.717, 1.165) is 24.8 Å². The Kier molecular flexibility index (Phi) is 6.29. The fourth-order valence-electron chi connectivity index (χ4n) is 4.00. The Bertz CT molecular complexity index is 963. The lowest BCUT2D eigenvalue weighted by molar-refractivity contribution is -0.125. The molecule has 1 aliphatic heterocycles. The van der Waals surface area contributed by atoms with Gasteiger partial charge in [0.1, 0.15) is 6.04 Å². The minimum absolute atomic E-state index is 0.0106. The predicted octanol–water partition coefficient (Wildman–Crippen LogP) is 1.17. The molecule has 3 amide bonds. The molecular weight excluding hydrogens is 396 g/mol. The maximum atomic E-state index is 13.1. The van der Waals surface area contributed by atoms with Crippen molar-refractivity contribution in [2.45, 2.75) is 44.2 Å². The van der Waals surface area contributed by atoms with Crippen LogP contribution < -0.4 is 16.0 Å². The Morgan fingerprint density at radius 1 is 1.23 bits per heavy atom. The van der Waals surface area contributed by atoms with Gasteiger partial charge in [0.15, 0.2) is 5.82 Å². The van der Waals surface area contributed by atoms with E-state index in [1.54, 1.807) is 13.3 Å². The molecule has 0 bridgehead atoms. The van der Waals surface area contributed by atoms with Crippen LogP contribution in [-0.4, -0.2) is 59.6 Å². The molecule has 9 nitrogen and oxygen atoms in total. The lowest BCUT2D eigenvalue weighted by Gasteiger charge is -2.22. The average molecular weight is 425 g/mol. The smallest absolute Gasteiger partial charge is 0.287 e. The molecule has 3 unspecified atom stereocenters. The number of carbonyl (C=O) groups excluding carboxylic acids is 3. The first kappa shape index (κ1) is 21.0. The quantitative estimate of drug-likeness (QED) is 0.451. The Balaban J connectivity index is 1.43. The number of rotatable bonds is 9. The first-order valence-electron chi connectivity index (χ1n) is 10.8. The topological polar surface area (TPSA) is 128 Å². The van der Waals surface area contributed by atoms with Crippen molar-refractivity contribution in [3.63, 3.8) is 0 Å². The van der Waals surface area contributed by atoms with Gasteiger partial charge in [0, 0.05) is 25.7 Å². The number of amides is 3. The molecule has 1 aromatic carbocycles. The Hall–Kier alpha value is -3.23. The van der Waals surface area contributed by atoms with Gasteiger partial charge in [0.05, 0.1) is 17.1 Å². The SMILES string of the molecule is C/N=C\C(CC1CCNC1=O)NC(=O)C(CC1CC1)NC(=O)c1nc2ccccc2[nH]1. The summed E-state index contributed by atoms with van der Waals surface area (Å²) in [5, 5.41) is 8.63. The normalized spacial score (nSPS) is 20.5. The highest BCUT2D eigenvalue weighted by molar-refractivity contribution is 5.97. The molecule has 4 rings (SSSR count). The molecule has 2 aliphatic rings. The van der Waals surface area contributed by atoms with E-state index >= 15 is 0 Å². The van der Waals surface area contributed by atoms with E-state index in [1.807, 2.05) is 24.3 Å². The van der Waals surface area contributed by atoms with Gasteiger partial charge in [-0.15, -0.1) is 0 Å². The molecule has 1 aliphatic carbocycles. The Morgan fingerprint density at radius 3 is 2.71 bits per heavy atom. The summed E-state index contributed by atoms with van der Waals surface area (Å²) in [6.07, 6.45) is 5.59. The summed E-state index contributed by atoms with van der Waals surface area (Å²) in [5.74, 6) is -0.186. The van der Waals surface area contributed by atoms with Crippen LogP contribution in [0, 0.1) is 11.8 Å². The van der Waals surface area contributed by atoms with E-state index in [9.17, 15) is 14.4 Å². The molecule has 9 heteroatoms. The first-order valence-corrected chi connectivity index (χ1v) is 10.8. The van der Waals surface area contributed by atoms with Crippen LogP contribution in [0.25, 0.3) is 11.0 Å². The fraction of sp³-hybridized carbons (Fsp3) is 0.500. The van der Waals surface area contributed by atoms with Crippen LogP contribution in [0.15, 0.2) is 29.3 Å². The van der Waals surface area contributed by atoms with Crippen LogP contribution in [0.2, 0.25) is 0 Å². The summed E-state index contributed by atoms with van der Waals surface area (Å²) in [6, 6.07) is 6.36. The highest BCUT2D eigenvalue weighted by Crippen LogP contribution is 2.33. The molecular formula is C22H28N6O3. The number of imidazole rings is 1. The molecule has 2 heterocycles. The standard InChI is InChI=1S/C22H28N6O3/c1-23-12-15(11-14-8-9-24-20(14)29)25-21(30)18(10-13-6-7-13)28-22(31)19-26-16-4-2-3-5-17(16)27-19/h2-5,12-15,18H,6-11H2,1H3,(H,24,29)(H,25,30)(H,26,27)(H,28,31)/b23-12-. The third kappa shape index (κ3) is 5.28. The molecule has 1 aromatic heterocycles. The number of fused-ring (bicyclic) bond motifs is 1. The fourth-order valence-corrected chi connectivity index (χ4v) is 4.00. The zero-order chi connectivity index (χ0) is 21.8. The summed E-state index contributed by atoms with van der Waals surface area (Å²) in [7, 11) is 1.64. The largest absolute Gasteiger partial charge is 0.356 e. The van der Waals surface area contributed by atoms with E-state index in [2.05, 4.69) is 30.9 Å². The Morgan fingerprint density at radius 2 is 2.03 bits per heavy atom. The first-order chi connectivity index (χ1) is 15.0. The predicted molar refractivity (Wildman–Crippen MR) is 117 cm³/mol. The van der Waals surface area contributed by atoms with Gasteiger partial charge in [-0.25, -0.2) is 4.98 Å². The number of hydrogen-bond acceptors (Lipinski definition) is 5. The van der Waals surface area contributed by atoms with Crippen LogP contribution in [0.5, 0.6) is 0 Å². The number of aromatic nitrogens is 2. The third-order valence-electron chi connectivity index (χ3n) is 5.85. The summed E-state index contributed by atoms with van der Waals surface area (Å²) in [4.78, 5) is 49.2. The minimum Gasteiger partial charge on any atom is -0.356 e. The maximum Gasteiger partial charge on any atom is 0.287 e. The molecule has 1 saturated heterocycles. The van der Waals surface area contributed by atoms with Crippen LogP contribution in [-0.2, 0) is 9.59 Å². The van der Waals surface area contributed by atoms with Crippen molar-refractivity contribution in [3.05, 3.63) is 30.1 Å². The number of H-pyrrole nitrogens is 1.